The van der Waals surface area contributed by atoms with Gasteiger partial charge < -0.3 is 24.3 Å². The molecule has 0 spiro atoms. The third-order valence-corrected chi connectivity index (χ3v) is 3.76. The predicted molar refractivity (Wildman–Crippen MR) is 81.7 cm³/mol. The van der Waals surface area contributed by atoms with Crippen LogP contribution in [0.5, 0.6) is 17.2 Å². The van der Waals surface area contributed by atoms with Crippen LogP contribution in [0, 0.1) is 0 Å². The summed E-state index contributed by atoms with van der Waals surface area (Å²) >= 11 is 0. The first-order valence-corrected chi connectivity index (χ1v) is 7.39. The van der Waals surface area contributed by atoms with Gasteiger partial charge in [0.1, 0.15) is 0 Å². The van der Waals surface area contributed by atoms with Gasteiger partial charge in [-0.3, -0.25) is 0 Å². The second-order valence-electron chi connectivity index (χ2n) is 5.04. The fourth-order valence-corrected chi connectivity index (χ4v) is 2.76. The zero-order valence-corrected chi connectivity index (χ0v) is 13.3. The lowest BCUT2D eigenvalue weighted by Gasteiger charge is -2.22. The van der Waals surface area contributed by atoms with Gasteiger partial charge in [0, 0.05) is 5.56 Å². The van der Waals surface area contributed by atoms with E-state index in [4.69, 9.17) is 18.9 Å². The molecule has 0 aromatic heterocycles. The summed E-state index contributed by atoms with van der Waals surface area (Å²) in [5.74, 6) is 2.09. The highest BCUT2D eigenvalue weighted by Gasteiger charge is 2.26. The van der Waals surface area contributed by atoms with Crippen molar-refractivity contribution in [3.8, 4) is 17.2 Å². The number of rotatable bonds is 6. The van der Waals surface area contributed by atoms with Crippen molar-refractivity contribution >= 4 is 0 Å². The van der Waals surface area contributed by atoms with Crippen LogP contribution in [-0.2, 0) is 11.2 Å². The summed E-state index contributed by atoms with van der Waals surface area (Å²) in [6.07, 6.45) is 1.89. The van der Waals surface area contributed by atoms with Gasteiger partial charge in [-0.05, 0) is 31.0 Å². The van der Waals surface area contributed by atoms with Gasteiger partial charge in [0.2, 0.25) is 5.75 Å². The molecule has 1 aliphatic heterocycles. The Hall–Kier alpha value is -1.46. The van der Waals surface area contributed by atoms with E-state index in [1.54, 1.807) is 21.3 Å². The highest BCUT2D eigenvalue weighted by atomic mass is 16.5. The van der Waals surface area contributed by atoms with E-state index in [0.717, 1.165) is 30.7 Å². The summed E-state index contributed by atoms with van der Waals surface area (Å²) in [4.78, 5) is 0. The molecule has 2 rings (SSSR count). The smallest absolute Gasteiger partial charge is 0.203 e. The van der Waals surface area contributed by atoms with E-state index in [1.807, 2.05) is 6.07 Å². The monoisotopic (exact) mass is 295 g/mol. The lowest BCUT2D eigenvalue weighted by atomic mass is 9.97. The summed E-state index contributed by atoms with van der Waals surface area (Å²) in [5, 5.41) is 3.53. The van der Waals surface area contributed by atoms with Crippen LogP contribution in [0.1, 0.15) is 30.5 Å². The fourth-order valence-electron chi connectivity index (χ4n) is 2.76. The van der Waals surface area contributed by atoms with Crippen molar-refractivity contribution in [2.45, 2.75) is 25.8 Å². The van der Waals surface area contributed by atoms with Gasteiger partial charge in [-0.1, -0.05) is 6.92 Å². The Balaban J connectivity index is 2.52. The van der Waals surface area contributed by atoms with E-state index in [-0.39, 0.29) is 6.04 Å². The van der Waals surface area contributed by atoms with Crippen LogP contribution < -0.4 is 19.5 Å². The lowest BCUT2D eigenvalue weighted by Crippen LogP contribution is -2.26. The first-order valence-electron chi connectivity index (χ1n) is 7.39. The minimum absolute atomic E-state index is 0.149. The maximum absolute atomic E-state index is 5.73. The Kier molecular flexibility index (Phi) is 5.70. The number of hydrogen-bond donors (Lipinski definition) is 1. The molecule has 0 radical (unpaired) electrons. The Labute approximate surface area is 126 Å². The standard InChI is InChI=1S/C16H25NO4/c1-5-7-17-13-10-21-8-6-11-12(13)9-14(18-2)16(20-4)15(11)19-3/h9,13,17H,5-8,10H2,1-4H3. The lowest BCUT2D eigenvalue weighted by molar-refractivity contribution is 0.121. The van der Waals surface area contributed by atoms with Crippen LogP contribution in [0.25, 0.3) is 0 Å². The molecular weight excluding hydrogens is 270 g/mol. The molecule has 1 aromatic carbocycles. The molecule has 1 unspecified atom stereocenters. The maximum Gasteiger partial charge on any atom is 0.203 e. The molecule has 0 aliphatic carbocycles. The number of methoxy groups -OCH3 is 3. The molecule has 0 fully saturated rings. The Bertz CT molecular complexity index is 476. The zero-order chi connectivity index (χ0) is 15.2. The molecule has 0 saturated carbocycles. The molecular formula is C16H25NO4. The first-order chi connectivity index (χ1) is 10.3. The highest BCUT2D eigenvalue weighted by Crippen LogP contribution is 2.44. The molecule has 5 heteroatoms. The third-order valence-electron chi connectivity index (χ3n) is 3.76. The van der Waals surface area contributed by atoms with Gasteiger partial charge in [-0.2, -0.15) is 0 Å². The van der Waals surface area contributed by atoms with Crippen LogP contribution >= 0.6 is 0 Å². The molecule has 21 heavy (non-hydrogen) atoms. The average molecular weight is 295 g/mol. The second-order valence-corrected chi connectivity index (χ2v) is 5.04. The largest absolute Gasteiger partial charge is 0.493 e. The molecule has 1 N–H and O–H groups in total. The van der Waals surface area contributed by atoms with Gasteiger partial charge in [-0.15, -0.1) is 0 Å². The summed E-state index contributed by atoms with van der Waals surface area (Å²) in [7, 11) is 4.94. The topological polar surface area (TPSA) is 49.0 Å². The van der Waals surface area contributed by atoms with E-state index in [9.17, 15) is 0 Å². The van der Waals surface area contributed by atoms with E-state index >= 15 is 0 Å². The Morgan fingerprint density at radius 1 is 1.19 bits per heavy atom. The van der Waals surface area contributed by atoms with Crippen molar-refractivity contribution in [2.75, 3.05) is 41.1 Å². The van der Waals surface area contributed by atoms with Gasteiger partial charge in [0.15, 0.2) is 11.5 Å². The van der Waals surface area contributed by atoms with Crippen molar-refractivity contribution in [3.63, 3.8) is 0 Å². The average Bonchev–Trinajstić information content (AvgIpc) is 2.72. The fraction of sp³-hybridized carbons (Fsp3) is 0.625. The van der Waals surface area contributed by atoms with Crippen LogP contribution in [-0.4, -0.2) is 41.1 Å². The van der Waals surface area contributed by atoms with Crippen molar-refractivity contribution < 1.29 is 18.9 Å². The predicted octanol–water partition coefficient (Wildman–Crippen LogP) is 2.33. The van der Waals surface area contributed by atoms with Gasteiger partial charge >= 0.3 is 0 Å². The molecule has 1 heterocycles. The van der Waals surface area contributed by atoms with Crippen molar-refractivity contribution in [2.24, 2.45) is 0 Å². The van der Waals surface area contributed by atoms with Crippen LogP contribution in [0.3, 0.4) is 0 Å². The minimum Gasteiger partial charge on any atom is -0.493 e. The normalized spacial score (nSPS) is 17.8. The highest BCUT2D eigenvalue weighted by molar-refractivity contribution is 5.60. The van der Waals surface area contributed by atoms with Crippen LogP contribution in [0.4, 0.5) is 0 Å². The van der Waals surface area contributed by atoms with Crippen LogP contribution in [0.15, 0.2) is 6.07 Å². The van der Waals surface area contributed by atoms with Crippen molar-refractivity contribution in [1.29, 1.82) is 0 Å². The van der Waals surface area contributed by atoms with E-state index < -0.39 is 0 Å². The summed E-state index contributed by atoms with van der Waals surface area (Å²) in [6, 6.07) is 2.19. The number of benzene rings is 1. The summed E-state index contributed by atoms with van der Waals surface area (Å²) < 4.78 is 22.3. The number of fused-ring (bicyclic) bond motifs is 1. The molecule has 0 saturated heterocycles. The Morgan fingerprint density at radius 2 is 1.95 bits per heavy atom. The molecule has 0 amide bonds. The molecule has 1 atom stereocenters. The minimum atomic E-state index is 0.149. The number of nitrogens with one attached hydrogen (secondary N) is 1. The summed E-state index contributed by atoms with van der Waals surface area (Å²) in [6.45, 7) is 4.44. The van der Waals surface area contributed by atoms with Gasteiger partial charge in [0.05, 0.1) is 40.6 Å². The van der Waals surface area contributed by atoms with Gasteiger partial charge in [-0.25, -0.2) is 0 Å². The molecule has 0 bridgehead atoms. The van der Waals surface area contributed by atoms with E-state index in [2.05, 4.69) is 12.2 Å². The van der Waals surface area contributed by atoms with Gasteiger partial charge in [0.25, 0.3) is 0 Å². The third kappa shape index (κ3) is 3.24. The first kappa shape index (κ1) is 15.9. The maximum atomic E-state index is 5.73. The molecule has 5 nitrogen and oxygen atoms in total. The SMILES string of the molecule is CCCNC1COCCc2c1cc(OC)c(OC)c2OC. The zero-order valence-electron chi connectivity index (χ0n) is 13.3. The molecule has 118 valence electrons. The second kappa shape index (κ2) is 7.52. The van der Waals surface area contributed by atoms with E-state index in [0.29, 0.717) is 24.7 Å². The van der Waals surface area contributed by atoms with Crippen molar-refractivity contribution in [3.05, 3.63) is 17.2 Å². The molecule has 1 aromatic rings. The summed E-state index contributed by atoms with van der Waals surface area (Å²) in [5.41, 5.74) is 2.32. The Morgan fingerprint density at radius 3 is 2.57 bits per heavy atom. The number of ether oxygens (including phenoxy) is 4. The van der Waals surface area contributed by atoms with Crippen molar-refractivity contribution in [1.82, 2.24) is 5.32 Å². The van der Waals surface area contributed by atoms with Crippen LogP contribution in [0.2, 0.25) is 0 Å². The molecule has 1 aliphatic rings. The quantitative estimate of drug-likeness (QED) is 0.873. The van der Waals surface area contributed by atoms with E-state index in [1.165, 1.54) is 5.56 Å². The number of hydrogen-bond acceptors (Lipinski definition) is 5.